The Kier molecular flexibility index (Phi) is 3.38. The average molecular weight is 227 g/mol. The van der Waals surface area contributed by atoms with Crippen LogP contribution in [0.2, 0.25) is 0 Å². The van der Waals surface area contributed by atoms with Gasteiger partial charge in [-0.3, -0.25) is 0 Å². The lowest BCUT2D eigenvalue weighted by Crippen LogP contribution is -2.51. The van der Waals surface area contributed by atoms with Crippen LogP contribution in [0.5, 0.6) is 0 Å². The van der Waals surface area contributed by atoms with Gasteiger partial charge < -0.3 is 14.7 Å². The van der Waals surface area contributed by atoms with Crippen molar-refractivity contribution >= 4 is 6.09 Å². The highest BCUT2D eigenvalue weighted by Crippen LogP contribution is 2.37. The van der Waals surface area contributed by atoms with E-state index in [-0.39, 0.29) is 30.3 Å². The maximum atomic E-state index is 11.9. The first-order chi connectivity index (χ1) is 7.59. The monoisotopic (exact) mass is 227 g/mol. The fourth-order valence-corrected chi connectivity index (χ4v) is 2.95. The van der Waals surface area contributed by atoms with Gasteiger partial charge in [0.2, 0.25) is 0 Å². The number of likely N-dealkylation sites (tertiary alicyclic amines) is 1. The van der Waals surface area contributed by atoms with Crippen LogP contribution in [0.15, 0.2) is 0 Å². The molecular weight excluding hydrogens is 206 g/mol. The highest BCUT2D eigenvalue weighted by atomic mass is 16.6. The fraction of sp³-hybridized carbons (Fsp3) is 0.917. The van der Waals surface area contributed by atoms with Gasteiger partial charge in [-0.25, -0.2) is 4.79 Å². The summed E-state index contributed by atoms with van der Waals surface area (Å²) < 4.78 is 5.24. The minimum atomic E-state index is -0.226. The van der Waals surface area contributed by atoms with E-state index in [1.807, 2.05) is 18.7 Å². The lowest BCUT2D eigenvalue weighted by Gasteiger charge is -2.39. The maximum absolute atomic E-state index is 11.9. The highest BCUT2D eigenvalue weighted by molar-refractivity contribution is 5.68. The summed E-state index contributed by atoms with van der Waals surface area (Å²) in [5, 5.41) is 9.88. The van der Waals surface area contributed by atoms with Gasteiger partial charge >= 0.3 is 6.09 Å². The number of fused-ring (bicyclic) bond motifs is 1. The molecule has 3 unspecified atom stereocenters. The van der Waals surface area contributed by atoms with Crippen molar-refractivity contribution in [1.82, 2.24) is 4.90 Å². The summed E-state index contributed by atoms with van der Waals surface area (Å²) in [6.45, 7) is 4.36. The van der Waals surface area contributed by atoms with Crippen LogP contribution in [0, 0.1) is 5.92 Å². The Morgan fingerprint density at radius 1 is 1.38 bits per heavy atom. The van der Waals surface area contributed by atoms with E-state index in [0.717, 1.165) is 19.3 Å². The van der Waals surface area contributed by atoms with Crippen molar-refractivity contribution in [2.75, 3.05) is 6.54 Å². The summed E-state index contributed by atoms with van der Waals surface area (Å²) in [6.07, 6.45) is 3.34. The topological polar surface area (TPSA) is 49.8 Å². The minimum absolute atomic E-state index is 0.0702. The van der Waals surface area contributed by atoms with Crippen molar-refractivity contribution < 1.29 is 14.6 Å². The summed E-state index contributed by atoms with van der Waals surface area (Å²) in [5.41, 5.74) is 0. The van der Waals surface area contributed by atoms with Crippen molar-refractivity contribution in [3.63, 3.8) is 0 Å². The van der Waals surface area contributed by atoms with Crippen molar-refractivity contribution in [2.24, 2.45) is 5.92 Å². The van der Waals surface area contributed by atoms with E-state index in [4.69, 9.17) is 4.74 Å². The van der Waals surface area contributed by atoms with Gasteiger partial charge in [-0.05, 0) is 33.1 Å². The number of amides is 1. The number of carbonyl (C=O) groups is 1. The summed E-state index contributed by atoms with van der Waals surface area (Å²) in [5.74, 6) is 0.272. The molecule has 1 amide bonds. The molecule has 0 aromatic rings. The third kappa shape index (κ3) is 2.17. The van der Waals surface area contributed by atoms with Crippen molar-refractivity contribution in [2.45, 2.75) is 57.8 Å². The molecule has 2 fully saturated rings. The second kappa shape index (κ2) is 4.62. The molecule has 0 aromatic heterocycles. The summed E-state index contributed by atoms with van der Waals surface area (Å²) in [6, 6.07) is 0.204. The minimum Gasteiger partial charge on any atom is -0.447 e. The van der Waals surface area contributed by atoms with Crippen LogP contribution in [-0.2, 0) is 4.74 Å². The molecule has 0 bridgehead atoms. The Morgan fingerprint density at radius 2 is 2.12 bits per heavy atom. The molecular formula is C12H21NO3. The SMILES string of the molecule is CC(C)OC(=O)N1CCC(O)C2CCCC21. The summed E-state index contributed by atoms with van der Waals surface area (Å²) >= 11 is 0. The number of hydrogen-bond donors (Lipinski definition) is 1. The van der Waals surface area contributed by atoms with Gasteiger partial charge in [0, 0.05) is 18.5 Å². The van der Waals surface area contributed by atoms with Gasteiger partial charge in [-0.2, -0.15) is 0 Å². The van der Waals surface area contributed by atoms with E-state index in [1.165, 1.54) is 0 Å². The Bertz CT molecular complexity index is 267. The Labute approximate surface area is 96.6 Å². The van der Waals surface area contributed by atoms with Crippen LogP contribution < -0.4 is 0 Å². The van der Waals surface area contributed by atoms with Crippen molar-refractivity contribution in [3.8, 4) is 0 Å². The maximum Gasteiger partial charge on any atom is 0.410 e. The molecule has 1 aliphatic heterocycles. The van der Waals surface area contributed by atoms with Gasteiger partial charge in [-0.1, -0.05) is 6.42 Å². The number of nitrogens with zero attached hydrogens (tertiary/aromatic N) is 1. The first-order valence-corrected chi connectivity index (χ1v) is 6.25. The molecule has 0 radical (unpaired) electrons. The van der Waals surface area contributed by atoms with E-state index < -0.39 is 0 Å². The molecule has 16 heavy (non-hydrogen) atoms. The van der Waals surface area contributed by atoms with E-state index >= 15 is 0 Å². The highest BCUT2D eigenvalue weighted by Gasteiger charge is 2.42. The molecule has 1 heterocycles. The molecule has 1 saturated heterocycles. The van der Waals surface area contributed by atoms with E-state index in [0.29, 0.717) is 13.0 Å². The van der Waals surface area contributed by atoms with Crippen LogP contribution >= 0.6 is 0 Å². The normalized spacial score (nSPS) is 34.0. The number of carbonyl (C=O) groups excluding carboxylic acids is 1. The standard InChI is InChI=1S/C12H21NO3/c1-8(2)16-12(15)13-7-6-11(14)9-4-3-5-10(9)13/h8-11,14H,3-7H2,1-2H3. The number of aliphatic hydroxyl groups excluding tert-OH is 1. The van der Waals surface area contributed by atoms with E-state index in [2.05, 4.69) is 0 Å². The average Bonchev–Trinajstić information content (AvgIpc) is 2.66. The van der Waals surface area contributed by atoms with Gasteiger partial charge in [0.05, 0.1) is 12.2 Å². The second-order valence-electron chi connectivity index (χ2n) is 5.14. The molecule has 1 N–H and O–H groups in total. The van der Waals surface area contributed by atoms with Gasteiger partial charge in [-0.15, -0.1) is 0 Å². The molecule has 3 atom stereocenters. The molecule has 0 aromatic carbocycles. The van der Waals surface area contributed by atoms with E-state index in [9.17, 15) is 9.90 Å². The molecule has 2 rings (SSSR count). The summed E-state index contributed by atoms with van der Waals surface area (Å²) in [7, 11) is 0. The summed E-state index contributed by atoms with van der Waals surface area (Å²) in [4.78, 5) is 13.7. The predicted octanol–water partition coefficient (Wildman–Crippen LogP) is 1.77. The van der Waals surface area contributed by atoms with Crippen LogP contribution in [0.3, 0.4) is 0 Å². The van der Waals surface area contributed by atoms with Gasteiger partial charge in [0.1, 0.15) is 0 Å². The van der Waals surface area contributed by atoms with Crippen LogP contribution in [0.25, 0.3) is 0 Å². The Balaban J connectivity index is 2.02. The van der Waals surface area contributed by atoms with Crippen molar-refractivity contribution in [1.29, 1.82) is 0 Å². The molecule has 2 aliphatic rings. The first-order valence-electron chi connectivity index (χ1n) is 6.25. The molecule has 1 saturated carbocycles. The number of piperidine rings is 1. The molecule has 1 aliphatic carbocycles. The largest absolute Gasteiger partial charge is 0.447 e. The number of hydrogen-bond acceptors (Lipinski definition) is 3. The molecule has 4 heteroatoms. The third-order valence-electron chi connectivity index (χ3n) is 3.66. The first kappa shape index (κ1) is 11.7. The van der Waals surface area contributed by atoms with E-state index in [1.54, 1.807) is 0 Å². The number of aliphatic hydroxyl groups is 1. The van der Waals surface area contributed by atoms with Gasteiger partial charge in [0.15, 0.2) is 0 Å². The predicted molar refractivity (Wildman–Crippen MR) is 60.1 cm³/mol. The Morgan fingerprint density at radius 3 is 2.81 bits per heavy atom. The number of rotatable bonds is 1. The molecule has 92 valence electrons. The molecule has 0 spiro atoms. The smallest absolute Gasteiger partial charge is 0.410 e. The third-order valence-corrected chi connectivity index (χ3v) is 3.66. The fourth-order valence-electron chi connectivity index (χ4n) is 2.95. The van der Waals surface area contributed by atoms with Gasteiger partial charge in [0.25, 0.3) is 0 Å². The lowest BCUT2D eigenvalue weighted by molar-refractivity contribution is -0.00962. The Hall–Kier alpha value is -0.770. The molecule has 4 nitrogen and oxygen atoms in total. The van der Waals surface area contributed by atoms with Crippen molar-refractivity contribution in [3.05, 3.63) is 0 Å². The zero-order valence-corrected chi connectivity index (χ0v) is 10.1. The van der Waals surface area contributed by atoms with Crippen LogP contribution in [0.4, 0.5) is 4.79 Å². The quantitative estimate of drug-likeness (QED) is 0.742. The zero-order valence-electron chi connectivity index (χ0n) is 10.1. The van der Waals surface area contributed by atoms with Crippen LogP contribution in [0.1, 0.15) is 39.5 Å². The van der Waals surface area contributed by atoms with Crippen LogP contribution in [-0.4, -0.2) is 40.9 Å². The number of ether oxygens (including phenoxy) is 1. The second-order valence-corrected chi connectivity index (χ2v) is 5.14. The zero-order chi connectivity index (χ0) is 11.7. The lowest BCUT2D eigenvalue weighted by atomic mass is 9.89.